The van der Waals surface area contributed by atoms with Crippen molar-refractivity contribution < 1.29 is 9.53 Å². The SMILES string of the molecule is COCCN(C)CCNC(C)C(=O)NC1CCCCC1. The number of amides is 1. The number of methoxy groups -OCH3 is 1. The van der Waals surface area contributed by atoms with Gasteiger partial charge in [-0.1, -0.05) is 19.3 Å². The number of hydrogen-bond acceptors (Lipinski definition) is 4. The monoisotopic (exact) mass is 285 g/mol. The fourth-order valence-corrected chi connectivity index (χ4v) is 2.50. The third-order valence-electron chi connectivity index (χ3n) is 3.97. The first kappa shape index (κ1) is 17.4. The Kier molecular flexibility index (Phi) is 8.82. The van der Waals surface area contributed by atoms with Gasteiger partial charge >= 0.3 is 0 Å². The van der Waals surface area contributed by atoms with Gasteiger partial charge in [0.2, 0.25) is 5.91 Å². The third kappa shape index (κ3) is 7.22. The summed E-state index contributed by atoms with van der Waals surface area (Å²) in [6, 6.07) is 0.276. The van der Waals surface area contributed by atoms with Gasteiger partial charge in [0.05, 0.1) is 12.6 Å². The molecule has 1 atom stereocenters. The van der Waals surface area contributed by atoms with Crippen LogP contribution in [0.2, 0.25) is 0 Å². The Balaban J connectivity index is 2.11. The summed E-state index contributed by atoms with van der Waals surface area (Å²) >= 11 is 0. The molecule has 5 nitrogen and oxygen atoms in total. The van der Waals surface area contributed by atoms with Crippen LogP contribution >= 0.6 is 0 Å². The van der Waals surface area contributed by atoms with Crippen molar-refractivity contribution in [3.05, 3.63) is 0 Å². The number of likely N-dealkylation sites (N-methyl/N-ethyl adjacent to an activating group) is 1. The van der Waals surface area contributed by atoms with Crippen molar-refractivity contribution in [1.82, 2.24) is 15.5 Å². The van der Waals surface area contributed by atoms with E-state index in [0.717, 1.165) is 39.1 Å². The minimum Gasteiger partial charge on any atom is -0.383 e. The van der Waals surface area contributed by atoms with Gasteiger partial charge in [0.25, 0.3) is 0 Å². The highest BCUT2D eigenvalue weighted by atomic mass is 16.5. The van der Waals surface area contributed by atoms with Crippen LogP contribution in [0.3, 0.4) is 0 Å². The zero-order valence-electron chi connectivity index (χ0n) is 13.3. The summed E-state index contributed by atoms with van der Waals surface area (Å²) in [6.07, 6.45) is 6.08. The van der Waals surface area contributed by atoms with Crippen molar-refractivity contribution in [2.45, 2.75) is 51.1 Å². The Labute approximate surface area is 123 Å². The number of nitrogens with zero attached hydrogens (tertiary/aromatic N) is 1. The van der Waals surface area contributed by atoms with Crippen LogP contribution in [0.25, 0.3) is 0 Å². The molecule has 1 aliphatic carbocycles. The molecule has 1 fully saturated rings. The molecule has 0 heterocycles. The van der Waals surface area contributed by atoms with Crippen LogP contribution in [0.5, 0.6) is 0 Å². The van der Waals surface area contributed by atoms with Gasteiger partial charge in [-0.25, -0.2) is 0 Å². The van der Waals surface area contributed by atoms with E-state index < -0.39 is 0 Å². The van der Waals surface area contributed by atoms with Crippen LogP contribution < -0.4 is 10.6 Å². The van der Waals surface area contributed by atoms with E-state index in [9.17, 15) is 4.79 Å². The zero-order chi connectivity index (χ0) is 14.8. The van der Waals surface area contributed by atoms with Gasteiger partial charge in [0.1, 0.15) is 0 Å². The normalized spacial score (nSPS) is 18.2. The van der Waals surface area contributed by atoms with Crippen LogP contribution in [0.15, 0.2) is 0 Å². The van der Waals surface area contributed by atoms with Crippen LogP contribution in [0.4, 0.5) is 0 Å². The number of carbonyl (C=O) groups excluding carboxylic acids is 1. The summed E-state index contributed by atoms with van der Waals surface area (Å²) in [4.78, 5) is 14.2. The van der Waals surface area contributed by atoms with Gasteiger partial charge in [-0.2, -0.15) is 0 Å². The highest BCUT2D eigenvalue weighted by Gasteiger charge is 2.19. The second kappa shape index (κ2) is 10.1. The first-order valence-electron chi connectivity index (χ1n) is 7.84. The standard InChI is InChI=1S/C15H31N3O2/c1-13(16-9-10-18(2)11-12-20-3)15(19)17-14-7-5-4-6-8-14/h13-14,16H,4-12H2,1-3H3,(H,17,19). The topological polar surface area (TPSA) is 53.6 Å². The van der Waals surface area contributed by atoms with Crippen LogP contribution in [-0.2, 0) is 9.53 Å². The van der Waals surface area contributed by atoms with Crippen LogP contribution in [0.1, 0.15) is 39.0 Å². The summed E-state index contributed by atoms with van der Waals surface area (Å²) in [5.41, 5.74) is 0. The Morgan fingerprint density at radius 3 is 2.65 bits per heavy atom. The Bertz CT molecular complexity index is 268. The van der Waals surface area contributed by atoms with E-state index in [4.69, 9.17) is 4.74 Å². The van der Waals surface area contributed by atoms with E-state index in [-0.39, 0.29) is 11.9 Å². The highest BCUT2D eigenvalue weighted by molar-refractivity contribution is 5.81. The van der Waals surface area contributed by atoms with Gasteiger partial charge in [-0.05, 0) is 26.8 Å². The molecule has 0 aromatic rings. The van der Waals surface area contributed by atoms with Crippen LogP contribution in [-0.4, -0.2) is 63.3 Å². The lowest BCUT2D eigenvalue weighted by Gasteiger charge is -2.25. The van der Waals surface area contributed by atoms with Crippen molar-refractivity contribution in [3.63, 3.8) is 0 Å². The second-order valence-electron chi connectivity index (χ2n) is 5.82. The van der Waals surface area contributed by atoms with E-state index in [2.05, 4.69) is 22.6 Å². The molecule has 0 aromatic heterocycles. The number of rotatable bonds is 9. The summed E-state index contributed by atoms with van der Waals surface area (Å²) in [5.74, 6) is 0.136. The molecule has 118 valence electrons. The smallest absolute Gasteiger partial charge is 0.237 e. The quantitative estimate of drug-likeness (QED) is 0.663. The summed E-state index contributed by atoms with van der Waals surface area (Å²) in [7, 11) is 3.78. The molecule has 1 unspecified atom stereocenters. The van der Waals surface area contributed by atoms with Gasteiger partial charge in [-0.15, -0.1) is 0 Å². The summed E-state index contributed by atoms with van der Waals surface area (Å²) in [5, 5.41) is 6.44. The molecule has 0 bridgehead atoms. The number of ether oxygens (including phenoxy) is 1. The maximum atomic E-state index is 12.1. The lowest BCUT2D eigenvalue weighted by Crippen LogP contribution is -2.48. The predicted molar refractivity (Wildman–Crippen MR) is 81.9 cm³/mol. The van der Waals surface area contributed by atoms with E-state index in [1.54, 1.807) is 7.11 Å². The second-order valence-corrected chi connectivity index (χ2v) is 5.82. The minimum atomic E-state index is -0.118. The first-order chi connectivity index (χ1) is 9.63. The zero-order valence-corrected chi connectivity index (χ0v) is 13.3. The molecule has 2 N–H and O–H groups in total. The molecule has 5 heteroatoms. The molecule has 0 saturated heterocycles. The van der Waals surface area contributed by atoms with Crippen molar-refractivity contribution >= 4 is 5.91 Å². The van der Waals surface area contributed by atoms with Crippen LogP contribution in [0, 0.1) is 0 Å². The summed E-state index contributed by atoms with van der Waals surface area (Å²) < 4.78 is 5.04. The number of nitrogens with one attached hydrogen (secondary N) is 2. The molecule has 1 amide bonds. The Morgan fingerprint density at radius 2 is 2.00 bits per heavy atom. The number of carbonyl (C=O) groups is 1. The maximum Gasteiger partial charge on any atom is 0.237 e. The molecule has 0 aliphatic heterocycles. The molecule has 0 radical (unpaired) electrons. The number of hydrogen-bond donors (Lipinski definition) is 2. The van der Waals surface area contributed by atoms with Gasteiger partial charge < -0.3 is 20.3 Å². The average molecular weight is 285 g/mol. The van der Waals surface area contributed by atoms with Gasteiger partial charge in [0.15, 0.2) is 0 Å². The minimum absolute atomic E-state index is 0.118. The fraction of sp³-hybridized carbons (Fsp3) is 0.933. The lowest BCUT2D eigenvalue weighted by molar-refractivity contribution is -0.123. The van der Waals surface area contributed by atoms with E-state index >= 15 is 0 Å². The van der Waals surface area contributed by atoms with Gasteiger partial charge in [0, 0.05) is 32.8 Å². The van der Waals surface area contributed by atoms with E-state index in [1.807, 2.05) is 6.92 Å². The molecule has 0 aromatic carbocycles. The Hall–Kier alpha value is -0.650. The van der Waals surface area contributed by atoms with Crippen molar-refractivity contribution in [2.75, 3.05) is 40.4 Å². The summed E-state index contributed by atoms with van der Waals surface area (Å²) in [6.45, 7) is 5.34. The molecule has 1 aliphatic rings. The highest BCUT2D eigenvalue weighted by Crippen LogP contribution is 2.17. The molecule has 1 rings (SSSR count). The first-order valence-corrected chi connectivity index (χ1v) is 7.84. The van der Waals surface area contributed by atoms with Crippen molar-refractivity contribution in [3.8, 4) is 0 Å². The molecular weight excluding hydrogens is 254 g/mol. The molecule has 0 spiro atoms. The fourth-order valence-electron chi connectivity index (χ4n) is 2.50. The Morgan fingerprint density at radius 1 is 1.30 bits per heavy atom. The van der Waals surface area contributed by atoms with Crippen molar-refractivity contribution in [1.29, 1.82) is 0 Å². The maximum absolute atomic E-state index is 12.1. The van der Waals surface area contributed by atoms with E-state index in [1.165, 1.54) is 19.3 Å². The van der Waals surface area contributed by atoms with E-state index in [0.29, 0.717) is 6.04 Å². The third-order valence-corrected chi connectivity index (χ3v) is 3.97. The largest absolute Gasteiger partial charge is 0.383 e. The lowest BCUT2D eigenvalue weighted by atomic mass is 9.95. The molecule has 1 saturated carbocycles. The molecule has 20 heavy (non-hydrogen) atoms. The molecular formula is C15H31N3O2. The van der Waals surface area contributed by atoms with Gasteiger partial charge in [-0.3, -0.25) is 4.79 Å². The average Bonchev–Trinajstić information content (AvgIpc) is 2.46. The predicted octanol–water partition coefficient (Wildman–Crippen LogP) is 0.992. The van der Waals surface area contributed by atoms with Crippen molar-refractivity contribution in [2.24, 2.45) is 0 Å².